The van der Waals surface area contributed by atoms with Crippen molar-refractivity contribution in [3.63, 3.8) is 0 Å². The molecule has 1 amide bonds. The summed E-state index contributed by atoms with van der Waals surface area (Å²) in [6, 6.07) is 1.69. The van der Waals surface area contributed by atoms with Crippen molar-refractivity contribution in [1.82, 2.24) is 15.0 Å². The highest BCUT2D eigenvalue weighted by molar-refractivity contribution is 6.43. The van der Waals surface area contributed by atoms with Gasteiger partial charge in [-0.3, -0.25) is 9.78 Å². The molecule has 1 N–H and O–H groups in total. The number of carbonyl (C=O) groups excluding carboxylic acids is 1. The van der Waals surface area contributed by atoms with E-state index in [0.29, 0.717) is 6.07 Å². The number of pyridine rings is 1. The standard InChI is InChI=1S/C11H5Cl2F3N4O/c12-7-8(13)18-4-19-9(7)20-10(21)5-1-2-6(17-3-5)11(14,15)16/h1-4H,(H,18,19,20,21). The van der Waals surface area contributed by atoms with Gasteiger partial charge in [0.25, 0.3) is 5.91 Å². The van der Waals surface area contributed by atoms with Gasteiger partial charge in [0, 0.05) is 6.20 Å². The minimum atomic E-state index is -4.57. The second-order valence-electron chi connectivity index (χ2n) is 3.71. The van der Waals surface area contributed by atoms with Crippen LogP contribution in [0.3, 0.4) is 0 Å². The second-order valence-corrected chi connectivity index (χ2v) is 4.45. The van der Waals surface area contributed by atoms with E-state index in [1.807, 2.05) is 0 Å². The van der Waals surface area contributed by atoms with Gasteiger partial charge in [0.1, 0.15) is 17.0 Å². The molecule has 5 nitrogen and oxygen atoms in total. The fraction of sp³-hybridized carbons (Fsp3) is 0.0909. The number of aromatic nitrogens is 3. The predicted octanol–water partition coefficient (Wildman–Crippen LogP) is 3.45. The van der Waals surface area contributed by atoms with Crippen molar-refractivity contribution in [2.45, 2.75) is 6.18 Å². The molecule has 2 rings (SSSR count). The lowest BCUT2D eigenvalue weighted by atomic mass is 10.2. The highest BCUT2D eigenvalue weighted by Gasteiger charge is 2.32. The van der Waals surface area contributed by atoms with E-state index in [4.69, 9.17) is 23.2 Å². The molecule has 0 aliphatic carbocycles. The maximum atomic E-state index is 12.4. The Balaban J connectivity index is 2.19. The molecule has 0 unspecified atom stereocenters. The molecule has 10 heteroatoms. The van der Waals surface area contributed by atoms with Crippen LogP contribution in [0.4, 0.5) is 19.0 Å². The molecule has 2 aromatic rings. The Labute approximate surface area is 126 Å². The highest BCUT2D eigenvalue weighted by Crippen LogP contribution is 2.28. The molecular weight excluding hydrogens is 332 g/mol. The van der Waals surface area contributed by atoms with Crippen LogP contribution in [-0.2, 0) is 6.18 Å². The van der Waals surface area contributed by atoms with Gasteiger partial charge in [-0.1, -0.05) is 23.2 Å². The summed E-state index contributed by atoms with van der Waals surface area (Å²) >= 11 is 11.4. The highest BCUT2D eigenvalue weighted by atomic mass is 35.5. The summed E-state index contributed by atoms with van der Waals surface area (Å²) in [4.78, 5) is 22.3. The quantitative estimate of drug-likeness (QED) is 0.853. The number of nitrogens with one attached hydrogen (secondary N) is 1. The lowest BCUT2D eigenvalue weighted by Crippen LogP contribution is -2.15. The Hall–Kier alpha value is -1.93. The van der Waals surface area contributed by atoms with Crippen molar-refractivity contribution < 1.29 is 18.0 Å². The van der Waals surface area contributed by atoms with Crippen molar-refractivity contribution in [3.8, 4) is 0 Å². The van der Waals surface area contributed by atoms with Crippen LogP contribution in [0.25, 0.3) is 0 Å². The first kappa shape index (κ1) is 15.5. The Morgan fingerprint density at radius 3 is 2.43 bits per heavy atom. The molecule has 0 spiro atoms. The third-order valence-electron chi connectivity index (χ3n) is 2.29. The number of hydrogen-bond donors (Lipinski definition) is 1. The summed E-state index contributed by atoms with van der Waals surface area (Å²) in [7, 11) is 0. The topological polar surface area (TPSA) is 67.8 Å². The van der Waals surface area contributed by atoms with E-state index in [1.165, 1.54) is 0 Å². The Morgan fingerprint density at radius 2 is 1.86 bits per heavy atom. The first-order valence-electron chi connectivity index (χ1n) is 5.29. The fourth-order valence-electron chi connectivity index (χ4n) is 1.31. The number of alkyl halides is 3. The molecule has 0 bridgehead atoms. The van der Waals surface area contributed by atoms with Crippen LogP contribution in [0.1, 0.15) is 16.1 Å². The summed E-state index contributed by atoms with van der Waals surface area (Å²) in [5, 5.41) is 2.16. The zero-order valence-corrected chi connectivity index (χ0v) is 11.5. The SMILES string of the molecule is O=C(Nc1ncnc(Cl)c1Cl)c1ccc(C(F)(F)F)nc1. The van der Waals surface area contributed by atoms with Gasteiger partial charge in [0.2, 0.25) is 0 Å². The van der Waals surface area contributed by atoms with Gasteiger partial charge in [-0.2, -0.15) is 13.2 Å². The molecule has 0 saturated carbocycles. The number of rotatable bonds is 2. The fourth-order valence-corrected chi connectivity index (χ4v) is 1.59. The molecule has 0 aromatic carbocycles. The smallest absolute Gasteiger partial charge is 0.305 e. The van der Waals surface area contributed by atoms with Crippen LogP contribution in [0.15, 0.2) is 24.7 Å². The molecule has 110 valence electrons. The normalized spacial score (nSPS) is 11.3. The lowest BCUT2D eigenvalue weighted by Gasteiger charge is -2.08. The molecule has 0 aliphatic heterocycles. The van der Waals surface area contributed by atoms with Crippen molar-refractivity contribution >= 4 is 34.9 Å². The van der Waals surface area contributed by atoms with Crippen LogP contribution < -0.4 is 5.32 Å². The molecular formula is C11H5Cl2F3N4O. The average Bonchev–Trinajstić information content (AvgIpc) is 2.43. The van der Waals surface area contributed by atoms with Gasteiger partial charge in [-0.05, 0) is 12.1 Å². The number of halogens is 5. The first-order valence-corrected chi connectivity index (χ1v) is 6.05. The summed E-state index contributed by atoms with van der Waals surface area (Å²) < 4.78 is 37.1. The molecule has 0 atom stereocenters. The van der Waals surface area contributed by atoms with Crippen molar-refractivity contribution in [2.24, 2.45) is 0 Å². The number of nitrogens with zero attached hydrogens (tertiary/aromatic N) is 3. The number of carbonyl (C=O) groups is 1. The summed E-state index contributed by atoms with van der Waals surface area (Å²) in [5.74, 6) is -0.783. The van der Waals surface area contributed by atoms with Gasteiger partial charge in [0.05, 0.1) is 5.56 Å². The van der Waals surface area contributed by atoms with E-state index in [2.05, 4.69) is 20.3 Å². The van der Waals surface area contributed by atoms with E-state index in [9.17, 15) is 18.0 Å². The summed E-state index contributed by atoms with van der Waals surface area (Å²) in [5.41, 5.74) is -1.18. The Bertz CT molecular complexity index is 676. The van der Waals surface area contributed by atoms with E-state index >= 15 is 0 Å². The second kappa shape index (κ2) is 5.82. The Morgan fingerprint density at radius 1 is 1.14 bits per heavy atom. The van der Waals surface area contributed by atoms with E-state index in [0.717, 1.165) is 18.6 Å². The third kappa shape index (κ3) is 3.59. The predicted molar refractivity (Wildman–Crippen MR) is 69.2 cm³/mol. The Kier molecular flexibility index (Phi) is 4.29. The lowest BCUT2D eigenvalue weighted by molar-refractivity contribution is -0.141. The number of hydrogen-bond acceptors (Lipinski definition) is 4. The maximum absolute atomic E-state index is 12.4. The van der Waals surface area contributed by atoms with Crippen LogP contribution >= 0.6 is 23.2 Å². The van der Waals surface area contributed by atoms with Gasteiger partial charge in [-0.15, -0.1) is 0 Å². The zero-order chi connectivity index (χ0) is 15.6. The van der Waals surface area contributed by atoms with Gasteiger partial charge >= 0.3 is 6.18 Å². The van der Waals surface area contributed by atoms with Crippen molar-refractivity contribution in [1.29, 1.82) is 0 Å². The van der Waals surface area contributed by atoms with Gasteiger partial charge < -0.3 is 5.32 Å². The van der Waals surface area contributed by atoms with Crippen molar-refractivity contribution in [2.75, 3.05) is 5.32 Å². The van der Waals surface area contributed by atoms with Crippen LogP contribution in [0.5, 0.6) is 0 Å². The first-order chi connectivity index (χ1) is 9.79. The van der Waals surface area contributed by atoms with Crippen LogP contribution in [0, 0.1) is 0 Å². The summed E-state index contributed by atoms with van der Waals surface area (Å²) in [6.45, 7) is 0. The minimum absolute atomic E-state index is 0.0541. The number of amides is 1. The van der Waals surface area contributed by atoms with E-state index < -0.39 is 17.8 Å². The molecule has 0 aliphatic rings. The molecule has 2 aromatic heterocycles. The third-order valence-corrected chi connectivity index (χ3v) is 3.04. The zero-order valence-electron chi connectivity index (χ0n) is 9.95. The molecule has 0 saturated heterocycles. The molecule has 0 fully saturated rings. The minimum Gasteiger partial charge on any atom is -0.305 e. The molecule has 2 heterocycles. The van der Waals surface area contributed by atoms with E-state index in [-0.39, 0.29) is 21.6 Å². The van der Waals surface area contributed by atoms with E-state index in [1.54, 1.807) is 0 Å². The maximum Gasteiger partial charge on any atom is 0.433 e. The largest absolute Gasteiger partial charge is 0.433 e. The molecule has 0 radical (unpaired) electrons. The average molecular weight is 337 g/mol. The van der Waals surface area contributed by atoms with Crippen molar-refractivity contribution in [3.05, 3.63) is 46.1 Å². The van der Waals surface area contributed by atoms with Crippen LogP contribution in [0.2, 0.25) is 10.2 Å². The van der Waals surface area contributed by atoms with Crippen LogP contribution in [-0.4, -0.2) is 20.9 Å². The summed E-state index contributed by atoms with van der Waals surface area (Å²) in [6.07, 6.45) is -2.69. The molecule has 21 heavy (non-hydrogen) atoms. The number of anilines is 1. The van der Waals surface area contributed by atoms with Gasteiger partial charge in [0.15, 0.2) is 11.0 Å². The van der Waals surface area contributed by atoms with Gasteiger partial charge in [-0.25, -0.2) is 9.97 Å². The monoisotopic (exact) mass is 336 g/mol.